The largest absolute Gasteiger partial charge is 0.399 e. The lowest BCUT2D eigenvalue weighted by atomic mass is 9.93. The van der Waals surface area contributed by atoms with Gasteiger partial charge in [-0.1, -0.05) is 122 Å². The third-order valence-corrected chi connectivity index (χ3v) is 7.49. The molecular formula is C39H31N. The van der Waals surface area contributed by atoms with Gasteiger partial charge >= 0.3 is 0 Å². The van der Waals surface area contributed by atoms with E-state index in [0.717, 1.165) is 28.0 Å². The Labute approximate surface area is 236 Å². The highest BCUT2D eigenvalue weighted by Gasteiger charge is 2.07. The van der Waals surface area contributed by atoms with E-state index in [1.54, 1.807) is 0 Å². The number of fused-ring (bicyclic) bond motifs is 2. The summed E-state index contributed by atoms with van der Waals surface area (Å²) in [5.74, 6) is 0. The SMILES string of the molecule is C=C(/C=C(\C=C(/C)c1ccc(-c2ccc(N)cc2)cc1)c1ccc2ccccc2c1)c1ccc2ccccc2c1. The minimum atomic E-state index is 0.775. The molecule has 0 fully saturated rings. The summed E-state index contributed by atoms with van der Waals surface area (Å²) in [6, 6.07) is 46.9. The second-order valence-corrected chi connectivity index (χ2v) is 10.3. The minimum Gasteiger partial charge on any atom is -0.399 e. The Morgan fingerprint density at radius 2 is 1.00 bits per heavy atom. The van der Waals surface area contributed by atoms with Crippen molar-refractivity contribution in [1.29, 1.82) is 0 Å². The maximum absolute atomic E-state index is 5.87. The number of hydrogen-bond acceptors (Lipinski definition) is 1. The highest BCUT2D eigenvalue weighted by Crippen LogP contribution is 2.30. The highest BCUT2D eigenvalue weighted by atomic mass is 14.5. The smallest absolute Gasteiger partial charge is 0.0314 e. The first-order valence-electron chi connectivity index (χ1n) is 13.6. The molecule has 0 amide bonds. The molecule has 0 unspecified atom stereocenters. The Balaban J connectivity index is 1.39. The van der Waals surface area contributed by atoms with Crippen molar-refractivity contribution in [2.75, 3.05) is 5.73 Å². The minimum absolute atomic E-state index is 0.775. The van der Waals surface area contributed by atoms with E-state index in [1.807, 2.05) is 12.1 Å². The lowest BCUT2D eigenvalue weighted by molar-refractivity contribution is 1.54. The Morgan fingerprint density at radius 3 is 1.60 bits per heavy atom. The molecule has 0 radical (unpaired) electrons. The van der Waals surface area contributed by atoms with Gasteiger partial charge in [0.2, 0.25) is 0 Å². The summed E-state index contributed by atoms with van der Waals surface area (Å²) in [6.07, 6.45) is 4.48. The van der Waals surface area contributed by atoms with Gasteiger partial charge in [0.15, 0.2) is 0 Å². The van der Waals surface area contributed by atoms with E-state index in [-0.39, 0.29) is 0 Å². The molecule has 0 aliphatic carbocycles. The van der Waals surface area contributed by atoms with Gasteiger partial charge in [-0.15, -0.1) is 0 Å². The van der Waals surface area contributed by atoms with Crippen LogP contribution in [0.25, 0.3) is 49.4 Å². The van der Waals surface area contributed by atoms with Crippen LogP contribution in [0.2, 0.25) is 0 Å². The molecule has 0 spiro atoms. The molecule has 1 heteroatoms. The van der Waals surface area contributed by atoms with Gasteiger partial charge in [0.1, 0.15) is 0 Å². The van der Waals surface area contributed by atoms with Crippen LogP contribution >= 0.6 is 0 Å². The Bertz CT molecular complexity index is 1900. The van der Waals surface area contributed by atoms with Gasteiger partial charge in [0, 0.05) is 5.69 Å². The average molecular weight is 514 g/mol. The van der Waals surface area contributed by atoms with Crippen LogP contribution in [-0.2, 0) is 0 Å². The van der Waals surface area contributed by atoms with Gasteiger partial charge in [-0.05, 0) is 103 Å². The number of nitrogen functional groups attached to an aromatic ring is 1. The third kappa shape index (κ3) is 5.36. The predicted molar refractivity (Wildman–Crippen MR) is 175 cm³/mol. The molecule has 6 rings (SSSR count). The van der Waals surface area contributed by atoms with E-state index in [4.69, 9.17) is 5.73 Å². The fraction of sp³-hybridized carbons (Fsp3) is 0.0256. The van der Waals surface area contributed by atoms with Crippen molar-refractivity contribution >= 4 is 44.0 Å². The molecule has 0 aliphatic heterocycles. The zero-order valence-electron chi connectivity index (χ0n) is 22.6. The Kier molecular flexibility index (Phi) is 6.87. The molecule has 2 N–H and O–H groups in total. The van der Waals surface area contributed by atoms with Gasteiger partial charge in [0.05, 0.1) is 0 Å². The molecule has 1 nitrogen and oxygen atoms in total. The molecule has 6 aromatic carbocycles. The van der Waals surface area contributed by atoms with Crippen molar-refractivity contribution in [2.45, 2.75) is 6.92 Å². The van der Waals surface area contributed by atoms with Crippen molar-refractivity contribution in [2.24, 2.45) is 0 Å². The van der Waals surface area contributed by atoms with E-state index >= 15 is 0 Å². The molecule has 40 heavy (non-hydrogen) atoms. The van der Waals surface area contributed by atoms with Crippen molar-refractivity contribution < 1.29 is 0 Å². The van der Waals surface area contributed by atoms with E-state index in [1.165, 1.54) is 43.8 Å². The second-order valence-electron chi connectivity index (χ2n) is 10.3. The number of rotatable bonds is 6. The van der Waals surface area contributed by atoms with Gasteiger partial charge in [-0.3, -0.25) is 0 Å². The number of allylic oxidation sites excluding steroid dienone is 5. The van der Waals surface area contributed by atoms with Crippen LogP contribution in [0.15, 0.2) is 152 Å². The average Bonchev–Trinajstić information content (AvgIpc) is 3.00. The summed E-state index contributed by atoms with van der Waals surface area (Å²) in [7, 11) is 0. The summed E-state index contributed by atoms with van der Waals surface area (Å²) in [5.41, 5.74) is 15.7. The fourth-order valence-electron chi connectivity index (χ4n) is 5.16. The molecular weight excluding hydrogens is 482 g/mol. The summed E-state index contributed by atoms with van der Waals surface area (Å²) in [5, 5.41) is 4.91. The zero-order valence-corrected chi connectivity index (χ0v) is 22.6. The zero-order chi connectivity index (χ0) is 27.5. The summed E-state index contributed by atoms with van der Waals surface area (Å²) >= 11 is 0. The van der Waals surface area contributed by atoms with Crippen LogP contribution in [0.5, 0.6) is 0 Å². The molecule has 0 aliphatic rings. The van der Waals surface area contributed by atoms with Gasteiger partial charge in [-0.2, -0.15) is 0 Å². The van der Waals surface area contributed by atoms with Crippen molar-refractivity contribution in [3.8, 4) is 11.1 Å². The molecule has 0 heterocycles. The maximum Gasteiger partial charge on any atom is 0.0314 e. The first-order chi connectivity index (χ1) is 19.5. The van der Waals surface area contributed by atoms with Gasteiger partial charge in [-0.25, -0.2) is 0 Å². The molecule has 6 aromatic rings. The summed E-state index contributed by atoms with van der Waals surface area (Å²) in [4.78, 5) is 0. The first-order valence-corrected chi connectivity index (χ1v) is 13.6. The number of hydrogen-bond donors (Lipinski definition) is 1. The van der Waals surface area contributed by atoms with Crippen LogP contribution < -0.4 is 5.73 Å². The van der Waals surface area contributed by atoms with Crippen molar-refractivity contribution in [3.63, 3.8) is 0 Å². The normalized spacial score (nSPS) is 12.1. The van der Waals surface area contributed by atoms with E-state index in [0.29, 0.717) is 0 Å². The van der Waals surface area contributed by atoms with Gasteiger partial charge in [0.25, 0.3) is 0 Å². The lowest BCUT2D eigenvalue weighted by Crippen LogP contribution is -1.88. The molecule has 0 bridgehead atoms. The molecule has 0 saturated carbocycles. The monoisotopic (exact) mass is 513 g/mol. The van der Waals surface area contributed by atoms with Crippen LogP contribution in [0.1, 0.15) is 23.6 Å². The predicted octanol–water partition coefficient (Wildman–Crippen LogP) is 10.4. The maximum atomic E-state index is 5.87. The first kappa shape index (κ1) is 25.2. The fourth-order valence-corrected chi connectivity index (χ4v) is 5.16. The number of anilines is 1. The molecule has 0 saturated heterocycles. The quantitative estimate of drug-likeness (QED) is 0.174. The Morgan fingerprint density at radius 1 is 0.525 bits per heavy atom. The highest BCUT2D eigenvalue weighted by molar-refractivity contribution is 5.95. The third-order valence-electron chi connectivity index (χ3n) is 7.49. The van der Waals surface area contributed by atoms with E-state index in [9.17, 15) is 0 Å². The molecule has 192 valence electrons. The standard InChI is InChI=1S/C39H31N/c1-27(29-11-13-32(14-12-29)33-19-21-39(40)22-20-33)23-38(37-18-16-31-8-4-6-10-36(31)26-37)24-28(2)34-17-15-30-7-3-5-9-35(30)25-34/h3-26H,2,40H2,1H3/b27-23+,38-24+. The Hall–Kier alpha value is -5.14. The van der Waals surface area contributed by atoms with Gasteiger partial charge < -0.3 is 5.73 Å². The molecule has 0 atom stereocenters. The van der Waals surface area contributed by atoms with E-state index in [2.05, 4.69) is 147 Å². The van der Waals surface area contributed by atoms with E-state index < -0.39 is 0 Å². The summed E-state index contributed by atoms with van der Waals surface area (Å²) in [6.45, 7) is 6.65. The van der Waals surface area contributed by atoms with Crippen molar-refractivity contribution in [1.82, 2.24) is 0 Å². The van der Waals surface area contributed by atoms with Crippen LogP contribution in [-0.4, -0.2) is 0 Å². The van der Waals surface area contributed by atoms with Crippen molar-refractivity contribution in [3.05, 3.63) is 169 Å². The lowest BCUT2D eigenvalue weighted by Gasteiger charge is -2.11. The molecule has 0 aromatic heterocycles. The summed E-state index contributed by atoms with van der Waals surface area (Å²) < 4.78 is 0. The number of nitrogens with two attached hydrogens (primary N) is 1. The second kappa shape index (κ2) is 10.9. The van der Waals surface area contributed by atoms with Crippen LogP contribution in [0.4, 0.5) is 5.69 Å². The number of benzene rings is 6. The van der Waals surface area contributed by atoms with Crippen LogP contribution in [0.3, 0.4) is 0 Å². The topological polar surface area (TPSA) is 26.0 Å². The van der Waals surface area contributed by atoms with Crippen LogP contribution in [0, 0.1) is 0 Å².